The van der Waals surface area contributed by atoms with Crippen LogP contribution in [0, 0.1) is 0 Å². The first-order valence-electron chi connectivity index (χ1n) is 14.8. The minimum Gasteiger partial charge on any atom is -0.481 e. The lowest BCUT2D eigenvalue weighted by atomic mass is 10.1. The van der Waals surface area contributed by atoms with Gasteiger partial charge in [0.1, 0.15) is 18.8 Å². The molecule has 0 saturated carbocycles. The lowest BCUT2D eigenvalue weighted by Gasteiger charge is -2.25. The molecule has 3 N–H and O–H groups in total. The molecule has 1 amide bonds. The number of hydrogen-bond acceptors (Lipinski definition) is 11. The second-order valence-electron chi connectivity index (χ2n) is 10.9. The van der Waals surface area contributed by atoms with Crippen molar-refractivity contribution in [1.29, 1.82) is 0 Å². The molecule has 0 aromatic rings. The Morgan fingerprint density at radius 1 is 0.698 bits per heavy atom. The number of nitrogens with zero attached hydrogens (tertiary/aromatic N) is 1. The van der Waals surface area contributed by atoms with Gasteiger partial charge in [-0.1, -0.05) is 0 Å². The fourth-order valence-electron chi connectivity index (χ4n) is 3.61. The highest BCUT2D eigenvalue weighted by molar-refractivity contribution is 5.76. The van der Waals surface area contributed by atoms with E-state index in [1.807, 2.05) is 18.7 Å². The van der Waals surface area contributed by atoms with Crippen molar-refractivity contribution in [2.45, 2.75) is 104 Å². The molecule has 0 heterocycles. The minimum atomic E-state index is -0.995. The van der Waals surface area contributed by atoms with E-state index in [0.717, 1.165) is 0 Å². The van der Waals surface area contributed by atoms with Crippen LogP contribution in [0.2, 0.25) is 0 Å². The SMILES string of the molecule is CC(C)OCCC(C)(C)OC(=O)CCCC(=O)OCCN(CCNC(=O)CCCC(=O)O)CCOC(=O)CCCC(=O)O. The third-order valence-corrected chi connectivity index (χ3v) is 5.96. The standard InChI is InChI=1S/C29H50N2O12/c1-22(2)40-19-14-29(3,4)43-28(39)13-7-12-27(38)42-21-18-31(16-15-30-23(32)8-5-9-24(33)34)17-20-41-26(37)11-6-10-25(35)36/h22H,5-21H2,1-4H3,(H,30,32)(H,33,34)(H,35,36). The van der Waals surface area contributed by atoms with Crippen LogP contribution in [-0.4, -0.2) is 109 Å². The molecular weight excluding hydrogens is 568 g/mol. The highest BCUT2D eigenvalue weighted by Crippen LogP contribution is 2.17. The molecule has 0 saturated heterocycles. The lowest BCUT2D eigenvalue weighted by Crippen LogP contribution is -2.38. The Hall–Kier alpha value is -3.26. The molecule has 0 bridgehead atoms. The minimum absolute atomic E-state index is 0.0199. The monoisotopic (exact) mass is 618 g/mol. The number of amides is 1. The van der Waals surface area contributed by atoms with Gasteiger partial charge in [-0.05, 0) is 47.0 Å². The average molecular weight is 619 g/mol. The third-order valence-electron chi connectivity index (χ3n) is 5.96. The molecule has 0 aromatic carbocycles. The summed E-state index contributed by atoms with van der Waals surface area (Å²) < 4.78 is 21.4. The van der Waals surface area contributed by atoms with E-state index < -0.39 is 35.4 Å². The number of esters is 3. The van der Waals surface area contributed by atoms with Gasteiger partial charge in [0.15, 0.2) is 0 Å². The summed E-state index contributed by atoms with van der Waals surface area (Å²) in [5.74, 6) is -3.66. The molecule has 0 fully saturated rings. The Kier molecular flexibility index (Phi) is 21.5. The van der Waals surface area contributed by atoms with Crippen LogP contribution in [-0.2, 0) is 47.7 Å². The van der Waals surface area contributed by atoms with Gasteiger partial charge in [-0.3, -0.25) is 33.7 Å². The summed E-state index contributed by atoms with van der Waals surface area (Å²) in [5, 5.41) is 20.0. The summed E-state index contributed by atoms with van der Waals surface area (Å²) in [5.41, 5.74) is -0.680. The predicted molar refractivity (Wildman–Crippen MR) is 154 cm³/mol. The Balaban J connectivity index is 4.51. The molecular formula is C29H50N2O12. The highest BCUT2D eigenvalue weighted by Gasteiger charge is 2.23. The van der Waals surface area contributed by atoms with Gasteiger partial charge >= 0.3 is 29.8 Å². The molecule has 0 aliphatic carbocycles. The Bertz CT molecular complexity index is 838. The summed E-state index contributed by atoms with van der Waals surface area (Å²) >= 11 is 0. The van der Waals surface area contributed by atoms with Gasteiger partial charge in [0.2, 0.25) is 5.91 Å². The molecule has 0 spiro atoms. The molecule has 43 heavy (non-hydrogen) atoms. The number of aliphatic carboxylic acids is 2. The fourth-order valence-corrected chi connectivity index (χ4v) is 3.61. The molecule has 0 radical (unpaired) electrons. The van der Waals surface area contributed by atoms with Crippen molar-refractivity contribution in [3.8, 4) is 0 Å². The molecule has 0 atom stereocenters. The number of hydrogen-bond donors (Lipinski definition) is 3. The molecule has 0 aliphatic rings. The normalized spacial score (nSPS) is 11.3. The number of rotatable bonds is 26. The van der Waals surface area contributed by atoms with Crippen molar-refractivity contribution < 1.29 is 57.9 Å². The maximum atomic E-state index is 12.2. The molecule has 14 nitrogen and oxygen atoms in total. The first-order chi connectivity index (χ1) is 20.2. The van der Waals surface area contributed by atoms with E-state index in [2.05, 4.69) is 5.32 Å². The molecule has 248 valence electrons. The van der Waals surface area contributed by atoms with Crippen molar-refractivity contribution in [2.75, 3.05) is 46.0 Å². The highest BCUT2D eigenvalue weighted by atomic mass is 16.6. The van der Waals surface area contributed by atoms with E-state index in [-0.39, 0.29) is 103 Å². The smallest absolute Gasteiger partial charge is 0.306 e. The van der Waals surface area contributed by atoms with Crippen LogP contribution >= 0.6 is 0 Å². The molecule has 0 unspecified atom stereocenters. The van der Waals surface area contributed by atoms with E-state index in [9.17, 15) is 28.8 Å². The molecule has 0 rings (SSSR count). The van der Waals surface area contributed by atoms with E-state index in [4.69, 9.17) is 29.2 Å². The van der Waals surface area contributed by atoms with Crippen LogP contribution in [0.5, 0.6) is 0 Å². The fraction of sp³-hybridized carbons (Fsp3) is 0.793. The van der Waals surface area contributed by atoms with E-state index in [1.54, 1.807) is 13.8 Å². The average Bonchev–Trinajstić information content (AvgIpc) is 2.87. The van der Waals surface area contributed by atoms with Crippen LogP contribution < -0.4 is 5.32 Å². The number of carbonyl (C=O) groups excluding carboxylic acids is 4. The quantitative estimate of drug-likeness (QED) is 0.0945. The number of carboxylic acids is 2. The van der Waals surface area contributed by atoms with Crippen LogP contribution in [0.1, 0.15) is 91.9 Å². The Morgan fingerprint density at radius 3 is 1.70 bits per heavy atom. The van der Waals surface area contributed by atoms with Crippen LogP contribution in [0.3, 0.4) is 0 Å². The summed E-state index contributed by atoms with van der Waals surface area (Å²) in [7, 11) is 0. The second kappa shape index (κ2) is 23.2. The van der Waals surface area contributed by atoms with Crippen molar-refractivity contribution >= 4 is 35.8 Å². The van der Waals surface area contributed by atoms with Gasteiger partial charge in [0.25, 0.3) is 0 Å². The first kappa shape index (κ1) is 39.7. The number of nitrogens with one attached hydrogen (secondary N) is 1. The predicted octanol–water partition coefficient (Wildman–Crippen LogP) is 2.31. The first-order valence-corrected chi connectivity index (χ1v) is 14.8. The number of carboxylic acid groups (broad SMARTS) is 2. The van der Waals surface area contributed by atoms with E-state index in [1.165, 1.54) is 0 Å². The van der Waals surface area contributed by atoms with Crippen molar-refractivity contribution in [3.05, 3.63) is 0 Å². The zero-order valence-electron chi connectivity index (χ0n) is 26.0. The topological polar surface area (TPSA) is 195 Å². The lowest BCUT2D eigenvalue weighted by molar-refractivity contribution is -0.158. The van der Waals surface area contributed by atoms with Crippen LogP contribution in [0.25, 0.3) is 0 Å². The number of carbonyl (C=O) groups is 6. The largest absolute Gasteiger partial charge is 0.481 e. The van der Waals surface area contributed by atoms with Crippen molar-refractivity contribution in [2.24, 2.45) is 0 Å². The van der Waals surface area contributed by atoms with E-state index >= 15 is 0 Å². The van der Waals surface area contributed by atoms with Gasteiger partial charge in [0.05, 0.1) is 12.7 Å². The second-order valence-corrected chi connectivity index (χ2v) is 10.9. The van der Waals surface area contributed by atoms with Crippen LogP contribution in [0.4, 0.5) is 0 Å². The third kappa shape index (κ3) is 26.1. The van der Waals surface area contributed by atoms with E-state index in [0.29, 0.717) is 19.6 Å². The van der Waals surface area contributed by atoms with Crippen molar-refractivity contribution in [1.82, 2.24) is 10.2 Å². The Morgan fingerprint density at radius 2 is 1.19 bits per heavy atom. The van der Waals surface area contributed by atoms with Gasteiger partial charge in [-0.2, -0.15) is 0 Å². The van der Waals surface area contributed by atoms with Gasteiger partial charge in [0, 0.05) is 71.1 Å². The number of ether oxygens (including phenoxy) is 4. The summed E-state index contributed by atoms with van der Waals surface area (Å²) in [6.07, 6.45) is 1.23. The molecule has 0 aromatic heterocycles. The summed E-state index contributed by atoms with van der Waals surface area (Å²) in [4.78, 5) is 71.1. The zero-order valence-corrected chi connectivity index (χ0v) is 26.0. The van der Waals surface area contributed by atoms with Gasteiger partial charge < -0.3 is 34.5 Å². The van der Waals surface area contributed by atoms with Gasteiger partial charge in [-0.25, -0.2) is 0 Å². The maximum absolute atomic E-state index is 12.2. The molecule has 14 heteroatoms. The summed E-state index contributed by atoms with van der Waals surface area (Å²) in [6, 6.07) is 0. The van der Waals surface area contributed by atoms with Crippen molar-refractivity contribution in [3.63, 3.8) is 0 Å². The van der Waals surface area contributed by atoms with Gasteiger partial charge in [-0.15, -0.1) is 0 Å². The Labute approximate surface area is 253 Å². The zero-order chi connectivity index (χ0) is 32.7. The maximum Gasteiger partial charge on any atom is 0.306 e. The summed E-state index contributed by atoms with van der Waals surface area (Å²) in [6.45, 7) is 9.15. The van der Waals surface area contributed by atoms with Crippen LogP contribution in [0.15, 0.2) is 0 Å². The molecule has 0 aliphatic heterocycles.